The van der Waals surface area contributed by atoms with E-state index in [1.165, 1.54) is 5.56 Å². The summed E-state index contributed by atoms with van der Waals surface area (Å²) >= 11 is 0. The number of nitrogens with zero attached hydrogens (tertiary/aromatic N) is 1. The molecule has 2 amide bonds. The van der Waals surface area contributed by atoms with Gasteiger partial charge in [-0.25, -0.2) is 4.79 Å². The standard InChI is InChI=1S/C16H22N2O3/c1-11-3-5-13(6-4-11)12(2)17-16(21)18-9-7-14(8-10-18)15(19)20/h3-6,12,14H,7-10H2,1-2H3,(H,17,21)(H,19,20). The number of carboxylic acid groups (broad SMARTS) is 1. The van der Waals surface area contributed by atoms with Crippen LogP contribution in [0.1, 0.15) is 36.9 Å². The molecular formula is C16H22N2O3. The molecule has 1 heterocycles. The maximum absolute atomic E-state index is 12.2. The van der Waals surface area contributed by atoms with E-state index >= 15 is 0 Å². The van der Waals surface area contributed by atoms with Crippen LogP contribution in [0.25, 0.3) is 0 Å². The number of carbonyl (C=O) groups excluding carboxylic acids is 1. The first-order valence-electron chi connectivity index (χ1n) is 7.32. The largest absolute Gasteiger partial charge is 0.481 e. The fourth-order valence-electron chi connectivity index (χ4n) is 2.54. The van der Waals surface area contributed by atoms with E-state index < -0.39 is 5.97 Å². The molecule has 0 bridgehead atoms. The van der Waals surface area contributed by atoms with E-state index in [2.05, 4.69) is 5.32 Å². The number of nitrogens with one attached hydrogen (secondary N) is 1. The minimum Gasteiger partial charge on any atom is -0.481 e. The second-order valence-electron chi connectivity index (χ2n) is 5.68. The number of amides is 2. The summed E-state index contributed by atoms with van der Waals surface area (Å²) in [7, 11) is 0. The van der Waals surface area contributed by atoms with E-state index in [0.29, 0.717) is 25.9 Å². The molecule has 0 spiro atoms. The number of likely N-dealkylation sites (tertiary alicyclic amines) is 1. The van der Waals surface area contributed by atoms with Crippen LogP contribution < -0.4 is 5.32 Å². The Bertz CT molecular complexity index is 505. The third-order valence-electron chi connectivity index (χ3n) is 4.05. The Morgan fingerprint density at radius 3 is 2.33 bits per heavy atom. The van der Waals surface area contributed by atoms with E-state index in [9.17, 15) is 9.59 Å². The molecule has 1 unspecified atom stereocenters. The van der Waals surface area contributed by atoms with Gasteiger partial charge in [0.2, 0.25) is 0 Å². The Morgan fingerprint density at radius 1 is 1.24 bits per heavy atom. The highest BCUT2D eigenvalue weighted by Crippen LogP contribution is 2.18. The molecule has 2 N–H and O–H groups in total. The Labute approximate surface area is 125 Å². The van der Waals surface area contributed by atoms with E-state index in [0.717, 1.165) is 5.56 Å². The fraction of sp³-hybridized carbons (Fsp3) is 0.500. The highest BCUT2D eigenvalue weighted by Gasteiger charge is 2.27. The molecule has 0 saturated carbocycles. The number of aryl methyl sites for hydroxylation is 1. The van der Waals surface area contributed by atoms with E-state index in [4.69, 9.17) is 5.11 Å². The zero-order valence-corrected chi connectivity index (χ0v) is 12.5. The first-order chi connectivity index (χ1) is 9.97. The van der Waals surface area contributed by atoms with Gasteiger partial charge in [0.25, 0.3) is 0 Å². The van der Waals surface area contributed by atoms with Crippen molar-refractivity contribution in [2.75, 3.05) is 13.1 Å². The number of aliphatic carboxylic acids is 1. The Morgan fingerprint density at radius 2 is 1.81 bits per heavy atom. The van der Waals surface area contributed by atoms with E-state index in [-0.39, 0.29) is 18.0 Å². The summed E-state index contributed by atoms with van der Waals surface area (Å²) in [5.41, 5.74) is 2.25. The van der Waals surface area contributed by atoms with Crippen LogP contribution in [0.4, 0.5) is 4.79 Å². The van der Waals surface area contributed by atoms with Gasteiger partial charge in [0, 0.05) is 13.1 Å². The van der Waals surface area contributed by atoms with Crippen LogP contribution in [0.2, 0.25) is 0 Å². The molecule has 1 saturated heterocycles. The Hall–Kier alpha value is -2.04. The lowest BCUT2D eigenvalue weighted by atomic mass is 9.97. The van der Waals surface area contributed by atoms with Crippen molar-refractivity contribution in [3.63, 3.8) is 0 Å². The number of piperidine rings is 1. The van der Waals surface area contributed by atoms with Gasteiger partial charge < -0.3 is 15.3 Å². The van der Waals surface area contributed by atoms with Crippen molar-refractivity contribution in [1.29, 1.82) is 0 Å². The predicted octanol–water partition coefficient (Wildman–Crippen LogP) is 2.56. The summed E-state index contributed by atoms with van der Waals surface area (Å²) < 4.78 is 0. The van der Waals surface area contributed by atoms with Gasteiger partial charge in [0.1, 0.15) is 0 Å². The molecular weight excluding hydrogens is 268 g/mol. The molecule has 0 radical (unpaired) electrons. The molecule has 114 valence electrons. The molecule has 1 aliphatic rings. The minimum absolute atomic E-state index is 0.0599. The van der Waals surface area contributed by atoms with Gasteiger partial charge in [-0.1, -0.05) is 29.8 Å². The average Bonchev–Trinajstić information content (AvgIpc) is 2.47. The van der Waals surface area contributed by atoms with Crippen molar-refractivity contribution < 1.29 is 14.7 Å². The molecule has 1 aromatic rings. The van der Waals surface area contributed by atoms with Crippen molar-refractivity contribution in [3.05, 3.63) is 35.4 Å². The third-order valence-corrected chi connectivity index (χ3v) is 4.05. The van der Waals surface area contributed by atoms with Gasteiger partial charge in [-0.15, -0.1) is 0 Å². The zero-order valence-electron chi connectivity index (χ0n) is 12.5. The van der Waals surface area contributed by atoms with Gasteiger partial charge in [0.05, 0.1) is 12.0 Å². The minimum atomic E-state index is -0.761. The number of hydrogen-bond acceptors (Lipinski definition) is 2. The number of rotatable bonds is 3. The molecule has 1 aliphatic heterocycles. The third kappa shape index (κ3) is 3.97. The van der Waals surface area contributed by atoms with Gasteiger partial charge in [0.15, 0.2) is 0 Å². The Kier molecular flexibility index (Phi) is 4.83. The Balaban J connectivity index is 1.87. The summed E-state index contributed by atoms with van der Waals surface area (Å²) in [6, 6.07) is 7.89. The SMILES string of the molecule is Cc1ccc(C(C)NC(=O)N2CCC(C(=O)O)CC2)cc1. The van der Waals surface area contributed by atoms with Crippen molar-refractivity contribution in [1.82, 2.24) is 10.2 Å². The van der Waals surface area contributed by atoms with Gasteiger partial charge in [-0.3, -0.25) is 4.79 Å². The van der Waals surface area contributed by atoms with Crippen LogP contribution in [0, 0.1) is 12.8 Å². The van der Waals surface area contributed by atoms with E-state index in [1.807, 2.05) is 38.1 Å². The lowest BCUT2D eigenvalue weighted by Gasteiger charge is -2.31. The van der Waals surface area contributed by atoms with Crippen molar-refractivity contribution in [3.8, 4) is 0 Å². The topological polar surface area (TPSA) is 69.6 Å². The molecule has 1 fully saturated rings. The van der Waals surface area contributed by atoms with Gasteiger partial charge >= 0.3 is 12.0 Å². The lowest BCUT2D eigenvalue weighted by Crippen LogP contribution is -2.46. The number of hydrogen-bond donors (Lipinski definition) is 2. The quantitative estimate of drug-likeness (QED) is 0.899. The summed E-state index contributed by atoms with van der Waals surface area (Å²) in [6.07, 6.45) is 1.06. The summed E-state index contributed by atoms with van der Waals surface area (Å²) in [5, 5.41) is 11.9. The molecule has 1 aromatic carbocycles. The van der Waals surface area contributed by atoms with Crippen LogP contribution >= 0.6 is 0 Å². The second-order valence-corrected chi connectivity index (χ2v) is 5.68. The van der Waals surface area contributed by atoms with E-state index in [1.54, 1.807) is 4.90 Å². The van der Waals surface area contributed by atoms with Crippen LogP contribution in [-0.4, -0.2) is 35.1 Å². The summed E-state index contributed by atoms with van der Waals surface area (Å²) in [4.78, 5) is 24.8. The lowest BCUT2D eigenvalue weighted by molar-refractivity contribution is -0.143. The molecule has 21 heavy (non-hydrogen) atoms. The van der Waals surface area contributed by atoms with Crippen molar-refractivity contribution >= 4 is 12.0 Å². The predicted molar refractivity (Wildman–Crippen MR) is 80.1 cm³/mol. The summed E-state index contributed by atoms with van der Waals surface area (Å²) in [6.45, 7) is 4.99. The molecule has 5 nitrogen and oxygen atoms in total. The normalized spacial score (nSPS) is 17.3. The monoisotopic (exact) mass is 290 g/mol. The number of carbonyl (C=O) groups is 2. The first kappa shape index (κ1) is 15.4. The van der Waals surface area contributed by atoms with Gasteiger partial charge in [-0.2, -0.15) is 0 Å². The van der Waals surface area contributed by atoms with Crippen molar-refractivity contribution in [2.24, 2.45) is 5.92 Å². The van der Waals surface area contributed by atoms with Crippen LogP contribution in [0.5, 0.6) is 0 Å². The smallest absolute Gasteiger partial charge is 0.317 e. The molecule has 1 atom stereocenters. The fourth-order valence-corrected chi connectivity index (χ4v) is 2.54. The maximum atomic E-state index is 12.2. The zero-order chi connectivity index (χ0) is 15.4. The van der Waals surface area contributed by atoms with Crippen LogP contribution in [0.3, 0.4) is 0 Å². The molecule has 0 aliphatic carbocycles. The highest BCUT2D eigenvalue weighted by atomic mass is 16.4. The number of urea groups is 1. The molecule has 5 heteroatoms. The van der Waals surface area contributed by atoms with Gasteiger partial charge in [-0.05, 0) is 32.3 Å². The number of benzene rings is 1. The second kappa shape index (κ2) is 6.61. The molecule has 2 rings (SSSR count). The maximum Gasteiger partial charge on any atom is 0.317 e. The summed E-state index contributed by atoms with van der Waals surface area (Å²) in [5.74, 6) is -1.08. The first-order valence-corrected chi connectivity index (χ1v) is 7.32. The van der Waals surface area contributed by atoms with Crippen LogP contribution in [-0.2, 0) is 4.79 Å². The molecule has 0 aromatic heterocycles. The number of carboxylic acids is 1. The van der Waals surface area contributed by atoms with Crippen molar-refractivity contribution in [2.45, 2.75) is 32.7 Å². The average molecular weight is 290 g/mol. The highest BCUT2D eigenvalue weighted by molar-refractivity contribution is 5.75. The van der Waals surface area contributed by atoms with Crippen LogP contribution in [0.15, 0.2) is 24.3 Å².